The first-order chi connectivity index (χ1) is 11.8. The van der Waals surface area contributed by atoms with Gasteiger partial charge in [-0.15, -0.1) is 0 Å². The monoisotopic (exact) mass is 389 g/mol. The average molecular weight is 389 g/mol. The summed E-state index contributed by atoms with van der Waals surface area (Å²) in [5, 5.41) is 0. The van der Waals surface area contributed by atoms with Crippen LogP contribution in [0.4, 0.5) is 13.2 Å². The summed E-state index contributed by atoms with van der Waals surface area (Å²) >= 11 is 0. The lowest BCUT2D eigenvalue weighted by Gasteiger charge is -2.09. The zero-order valence-electron chi connectivity index (χ0n) is 14.0. The van der Waals surface area contributed by atoms with Gasteiger partial charge < -0.3 is 5.73 Å². The predicted octanol–water partition coefficient (Wildman–Crippen LogP) is 3.48. The Morgan fingerprint density at radius 1 is 1.12 bits per heavy atom. The first-order valence-electron chi connectivity index (χ1n) is 7.33. The molecule has 9 heteroatoms. The van der Waals surface area contributed by atoms with Crippen LogP contribution in [0.3, 0.4) is 0 Å². The molecule has 0 aromatic heterocycles. The van der Waals surface area contributed by atoms with E-state index in [4.69, 9.17) is 10.3 Å². The van der Waals surface area contributed by atoms with Crippen molar-refractivity contribution in [3.8, 4) is 0 Å². The fourth-order valence-electron chi connectivity index (χ4n) is 1.82. The highest BCUT2D eigenvalue weighted by atomic mass is 32.2. The smallest absolute Gasteiger partial charge is 0.321 e. The molecule has 0 saturated heterocycles. The lowest BCUT2D eigenvalue weighted by molar-refractivity contribution is -0.137. The van der Waals surface area contributed by atoms with E-state index in [-0.39, 0.29) is 10.5 Å². The molecule has 0 radical (unpaired) electrons. The fourth-order valence-corrected chi connectivity index (χ4v) is 2.30. The van der Waals surface area contributed by atoms with Crippen molar-refractivity contribution >= 4 is 15.9 Å². The number of alkyl halides is 3. The Labute approximate surface area is 149 Å². The SMILES string of the molecule is CC(N)C(=O)c1cccc(C(F)(F)F)c1.Cc1ccc(S(=O)(=O)O)cc1. The number of hydrogen-bond acceptors (Lipinski definition) is 4. The van der Waals surface area contributed by atoms with Crippen LogP contribution in [0.2, 0.25) is 0 Å². The van der Waals surface area contributed by atoms with Crippen LogP contribution in [-0.4, -0.2) is 24.8 Å². The molecule has 0 aliphatic heterocycles. The van der Waals surface area contributed by atoms with Crippen LogP contribution < -0.4 is 5.73 Å². The molecule has 0 fully saturated rings. The third-order valence-electron chi connectivity index (χ3n) is 3.21. The first kappa shape index (κ1) is 21.8. The molecule has 2 aromatic rings. The van der Waals surface area contributed by atoms with Crippen LogP contribution in [0.25, 0.3) is 0 Å². The van der Waals surface area contributed by atoms with Crippen LogP contribution in [0, 0.1) is 6.92 Å². The summed E-state index contributed by atoms with van der Waals surface area (Å²) in [6, 6.07) is 9.43. The minimum atomic E-state index is -4.44. The molecule has 1 unspecified atom stereocenters. The lowest BCUT2D eigenvalue weighted by atomic mass is 10.0. The Hall–Kier alpha value is -2.23. The molecular formula is C17H18F3NO4S. The molecule has 0 amide bonds. The topological polar surface area (TPSA) is 97.5 Å². The number of Topliss-reactive ketones (excluding diaryl/α,β-unsaturated/α-hetero) is 1. The molecule has 3 N–H and O–H groups in total. The Kier molecular flexibility index (Phi) is 7.08. The van der Waals surface area contributed by atoms with Gasteiger partial charge in [0.15, 0.2) is 5.78 Å². The zero-order valence-corrected chi connectivity index (χ0v) is 14.8. The molecule has 1 atom stereocenters. The highest BCUT2D eigenvalue weighted by molar-refractivity contribution is 7.85. The van der Waals surface area contributed by atoms with Crippen molar-refractivity contribution in [2.24, 2.45) is 5.73 Å². The number of benzene rings is 2. The van der Waals surface area contributed by atoms with Gasteiger partial charge in [-0.05, 0) is 38.1 Å². The van der Waals surface area contributed by atoms with Crippen LogP contribution >= 0.6 is 0 Å². The predicted molar refractivity (Wildman–Crippen MR) is 90.4 cm³/mol. The van der Waals surface area contributed by atoms with E-state index < -0.39 is 33.7 Å². The van der Waals surface area contributed by atoms with E-state index in [9.17, 15) is 26.4 Å². The van der Waals surface area contributed by atoms with Crippen molar-refractivity contribution in [3.05, 3.63) is 65.2 Å². The lowest BCUT2D eigenvalue weighted by Crippen LogP contribution is -2.26. The molecule has 0 heterocycles. The van der Waals surface area contributed by atoms with Crippen molar-refractivity contribution in [1.29, 1.82) is 0 Å². The first-order valence-corrected chi connectivity index (χ1v) is 8.77. The Balaban J connectivity index is 0.000000273. The number of hydrogen-bond donors (Lipinski definition) is 2. The largest absolute Gasteiger partial charge is 0.416 e. The van der Waals surface area contributed by atoms with Crippen molar-refractivity contribution < 1.29 is 30.9 Å². The number of aryl methyl sites for hydroxylation is 1. The molecule has 0 bridgehead atoms. The third kappa shape index (κ3) is 6.58. The van der Waals surface area contributed by atoms with Crippen molar-refractivity contribution in [2.75, 3.05) is 0 Å². The van der Waals surface area contributed by atoms with Crippen LogP contribution in [0.1, 0.15) is 28.4 Å². The summed E-state index contributed by atoms with van der Waals surface area (Å²) in [6.45, 7) is 3.27. The van der Waals surface area contributed by atoms with E-state index in [0.29, 0.717) is 0 Å². The van der Waals surface area contributed by atoms with E-state index in [2.05, 4.69) is 0 Å². The van der Waals surface area contributed by atoms with Gasteiger partial charge in [0.25, 0.3) is 10.1 Å². The second kappa shape index (κ2) is 8.43. The summed E-state index contributed by atoms with van der Waals surface area (Å²) in [7, 11) is -4.02. The van der Waals surface area contributed by atoms with Crippen LogP contribution in [0.5, 0.6) is 0 Å². The summed E-state index contributed by atoms with van der Waals surface area (Å²) in [5.74, 6) is -0.499. The molecule has 0 aliphatic rings. The van der Waals surface area contributed by atoms with E-state index in [1.54, 1.807) is 12.1 Å². The fraction of sp³-hybridized carbons (Fsp3) is 0.235. The quantitative estimate of drug-likeness (QED) is 0.619. The molecule has 142 valence electrons. The molecule has 5 nitrogen and oxygen atoms in total. The zero-order chi connectivity index (χ0) is 20.1. The minimum absolute atomic E-state index is 0.0141. The Morgan fingerprint density at radius 3 is 2.08 bits per heavy atom. The van der Waals surface area contributed by atoms with Gasteiger partial charge in [-0.1, -0.05) is 29.8 Å². The van der Waals surface area contributed by atoms with E-state index >= 15 is 0 Å². The number of ketones is 1. The van der Waals surface area contributed by atoms with Crippen LogP contribution in [0.15, 0.2) is 53.4 Å². The number of halogens is 3. The Morgan fingerprint density at radius 2 is 1.65 bits per heavy atom. The van der Waals surface area contributed by atoms with Crippen molar-refractivity contribution in [3.63, 3.8) is 0 Å². The van der Waals surface area contributed by atoms with Gasteiger partial charge in [0.1, 0.15) is 0 Å². The van der Waals surface area contributed by atoms with Crippen LogP contribution in [-0.2, 0) is 16.3 Å². The summed E-state index contributed by atoms with van der Waals surface area (Å²) in [4.78, 5) is 11.3. The standard InChI is InChI=1S/C10H10F3NO.C7H8O3S/c1-6(14)9(15)7-3-2-4-8(5-7)10(11,12)13;1-6-2-4-7(5-3-6)11(8,9)10/h2-6H,14H2,1H3;2-5H,1H3,(H,8,9,10). The molecule has 0 aliphatic carbocycles. The number of rotatable bonds is 3. The van der Waals surface area contributed by atoms with E-state index in [1.807, 2.05) is 6.92 Å². The van der Waals surface area contributed by atoms with Gasteiger partial charge in [-0.2, -0.15) is 21.6 Å². The minimum Gasteiger partial charge on any atom is -0.321 e. The highest BCUT2D eigenvalue weighted by Crippen LogP contribution is 2.29. The third-order valence-corrected chi connectivity index (χ3v) is 4.07. The molecule has 0 saturated carbocycles. The second-order valence-electron chi connectivity index (χ2n) is 5.52. The van der Waals surface area contributed by atoms with E-state index in [1.165, 1.54) is 31.2 Å². The average Bonchev–Trinajstić information content (AvgIpc) is 2.53. The van der Waals surface area contributed by atoms with Gasteiger partial charge >= 0.3 is 6.18 Å². The van der Waals surface area contributed by atoms with Crippen molar-refractivity contribution in [1.82, 2.24) is 0 Å². The van der Waals surface area contributed by atoms with Crippen molar-refractivity contribution in [2.45, 2.75) is 31.0 Å². The maximum absolute atomic E-state index is 12.3. The molecular weight excluding hydrogens is 371 g/mol. The molecule has 2 aromatic carbocycles. The Bertz CT molecular complexity index is 860. The highest BCUT2D eigenvalue weighted by Gasteiger charge is 2.31. The van der Waals surface area contributed by atoms with E-state index in [0.717, 1.165) is 17.7 Å². The van der Waals surface area contributed by atoms with Gasteiger partial charge in [0.05, 0.1) is 16.5 Å². The number of nitrogens with two attached hydrogens (primary N) is 1. The molecule has 2 rings (SSSR count). The van der Waals surface area contributed by atoms with Gasteiger partial charge in [0, 0.05) is 5.56 Å². The summed E-state index contributed by atoms with van der Waals surface area (Å²) < 4.78 is 66.4. The molecule has 0 spiro atoms. The molecule has 26 heavy (non-hydrogen) atoms. The maximum atomic E-state index is 12.3. The van der Waals surface area contributed by atoms with Gasteiger partial charge in [-0.3, -0.25) is 9.35 Å². The summed E-state index contributed by atoms with van der Waals surface area (Å²) in [5.41, 5.74) is 5.40. The van der Waals surface area contributed by atoms with Gasteiger partial charge in [0.2, 0.25) is 0 Å². The normalized spacial score (nSPS) is 12.7. The maximum Gasteiger partial charge on any atom is 0.416 e. The number of carbonyl (C=O) groups excluding carboxylic acids is 1. The number of carbonyl (C=O) groups is 1. The summed E-state index contributed by atoms with van der Waals surface area (Å²) in [6.07, 6.45) is -4.44. The second-order valence-corrected chi connectivity index (χ2v) is 6.94. The van der Waals surface area contributed by atoms with Gasteiger partial charge in [-0.25, -0.2) is 0 Å².